The lowest BCUT2D eigenvalue weighted by molar-refractivity contribution is 0.258. The molecule has 0 bridgehead atoms. The first-order valence-electron chi connectivity index (χ1n) is 10.1. The van der Waals surface area contributed by atoms with Gasteiger partial charge in [0.1, 0.15) is 17.0 Å². The molecule has 31 heavy (non-hydrogen) atoms. The Kier molecular flexibility index (Phi) is 4.70. The minimum atomic E-state index is -0.259. The van der Waals surface area contributed by atoms with Gasteiger partial charge in [0.2, 0.25) is 0 Å². The smallest absolute Gasteiger partial charge is 0.279 e. The largest absolute Gasteiger partial charge is 0.493 e. The molecule has 1 aliphatic rings. The maximum absolute atomic E-state index is 13.3. The van der Waals surface area contributed by atoms with Crippen LogP contribution in [-0.4, -0.2) is 25.1 Å². The van der Waals surface area contributed by atoms with E-state index in [-0.39, 0.29) is 17.0 Å². The molecule has 1 unspecified atom stereocenters. The number of imidazole rings is 1. The summed E-state index contributed by atoms with van der Waals surface area (Å²) >= 11 is 6.20. The molecule has 0 amide bonds. The molecule has 0 N–H and O–H groups in total. The molecule has 5 rings (SSSR count). The van der Waals surface area contributed by atoms with Crippen LogP contribution in [0.2, 0.25) is 5.02 Å². The predicted octanol–water partition coefficient (Wildman–Crippen LogP) is 3.48. The highest BCUT2D eigenvalue weighted by molar-refractivity contribution is 6.30. The Labute approximate surface area is 183 Å². The molecule has 0 saturated carbocycles. The van der Waals surface area contributed by atoms with Gasteiger partial charge in [0, 0.05) is 41.1 Å². The summed E-state index contributed by atoms with van der Waals surface area (Å²) in [6.07, 6.45) is 5.89. The van der Waals surface area contributed by atoms with Gasteiger partial charge < -0.3 is 13.9 Å². The zero-order chi connectivity index (χ0) is 21.7. The van der Waals surface area contributed by atoms with Gasteiger partial charge in [-0.2, -0.15) is 0 Å². The van der Waals surface area contributed by atoms with Gasteiger partial charge in [0.15, 0.2) is 0 Å². The number of halogens is 1. The molecule has 1 aliphatic heterocycles. The van der Waals surface area contributed by atoms with Crippen LogP contribution in [0.1, 0.15) is 29.3 Å². The molecule has 8 heteroatoms. The van der Waals surface area contributed by atoms with Crippen LogP contribution in [0.15, 0.2) is 58.6 Å². The SMILES string of the molecule is Cc1cn(-c2ccc3c(=O)n(CC4CCOc5ccc(Cl)cc54)c(C)cn3c2=O)cn1. The van der Waals surface area contributed by atoms with E-state index in [0.29, 0.717) is 35.1 Å². The lowest BCUT2D eigenvalue weighted by Gasteiger charge is -2.27. The van der Waals surface area contributed by atoms with Crippen molar-refractivity contribution in [3.8, 4) is 11.4 Å². The van der Waals surface area contributed by atoms with Crippen molar-refractivity contribution >= 4 is 17.1 Å². The highest BCUT2D eigenvalue weighted by Gasteiger charge is 2.24. The molecule has 4 heterocycles. The second kappa shape index (κ2) is 7.42. The molecular weight excluding hydrogens is 416 g/mol. The fourth-order valence-electron chi connectivity index (χ4n) is 4.22. The third-order valence-corrected chi connectivity index (χ3v) is 6.07. The summed E-state index contributed by atoms with van der Waals surface area (Å²) in [5.41, 5.74) is 2.87. The molecule has 0 aliphatic carbocycles. The molecular formula is C23H21ClN4O3. The number of ether oxygens (including phenoxy) is 1. The summed E-state index contributed by atoms with van der Waals surface area (Å²) in [4.78, 5) is 30.6. The normalized spacial score (nSPS) is 15.6. The van der Waals surface area contributed by atoms with E-state index >= 15 is 0 Å². The van der Waals surface area contributed by atoms with Gasteiger partial charge in [0.05, 0.1) is 18.6 Å². The summed E-state index contributed by atoms with van der Waals surface area (Å²) in [6, 6.07) is 8.95. The van der Waals surface area contributed by atoms with Gasteiger partial charge in [-0.1, -0.05) is 11.6 Å². The minimum Gasteiger partial charge on any atom is -0.493 e. The Morgan fingerprint density at radius 3 is 2.74 bits per heavy atom. The van der Waals surface area contributed by atoms with E-state index in [1.807, 2.05) is 32.0 Å². The van der Waals surface area contributed by atoms with Crippen LogP contribution in [-0.2, 0) is 6.54 Å². The van der Waals surface area contributed by atoms with Gasteiger partial charge in [-0.3, -0.25) is 14.0 Å². The quantitative estimate of drug-likeness (QED) is 0.493. The van der Waals surface area contributed by atoms with Crippen molar-refractivity contribution in [2.24, 2.45) is 0 Å². The highest BCUT2D eigenvalue weighted by Crippen LogP contribution is 2.36. The average Bonchev–Trinajstić information content (AvgIpc) is 3.18. The van der Waals surface area contributed by atoms with Gasteiger partial charge in [-0.05, 0) is 50.6 Å². The molecule has 4 aromatic rings. The van der Waals surface area contributed by atoms with Crippen molar-refractivity contribution in [1.29, 1.82) is 0 Å². The van der Waals surface area contributed by atoms with Crippen LogP contribution in [0.3, 0.4) is 0 Å². The number of hydrogen-bond acceptors (Lipinski definition) is 4. The van der Waals surface area contributed by atoms with Gasteiger partial charge >= 0.3 is 0 Å². The van der Waals surface area contributed by atoms with Gasteiger partial charge in [0.25, 0.3) is 11.1 Å². The summed E-state index contributed by atoms with van der Waals surface area (Å²) in [5.74, 6) is 0.907. The number of rotatable bonds is 3. The van der Waals surface area contributed by atoms with E-state index in [2.05, 4.69) is 4.98 Å². The maximum Gasteiger partial charge on any atom is 0.279 e. The molecule has 0 saturated heterocycles. The topological polar surface area (TPSA) is 70.5 Å². The van der Waals surface area contributed by atoms with E-state index in [1.165, 1.54) is 4.40 Å². The summed E-state index contributed by atoms with van der Waals surface area (Å²) in [5, 5.41) is 0.644. The lowest BCUT2D eigenvalue weighted by Crippen LogP contribution is -2.32. The third-order valence-electron chi connectivity index (χ3n) is 5.83. The molecule has 7 nitrogen and oxygen atoms in total. The van der Waals surface area contributed by atoms with Crippen molar-refractivity contribution in [2.45, 2.75) is 32.7 Å². The Morgan fingerprint density at radius 2 is 1.97 bits per heavy atom. The van der Waals surface area contributed by atoms with E-state index in [4.69, 9.17) is 16.3 Å². The summed E-state index contributed by atoms with van der Waals surface area (Å²) in [6.45, 7) is 4.79. The van der Waals surface area contributed by atoms with E-state index < -0.39 is 0 Å². The van der Waals surface area contributed by atoms with Crippen LogP contribution in [0.5, 0.6) is 5.75 Å². The minimum absolute atomic E-state index is 0.0984. The number of hydrogen-bond donors (Lipinski definition) is 0. The first kappa shape index (κ1) is 19.6. The standard InChI is InChI=1S/C23H21ClN4O3/c1-14-10-26(13-25-14)19-4-5-20-23(30)27(15(2)11-28(20)22(19)29)12-16-7-8-31-21-6-3-17(24)9-18(16)21/h3-6,9-11,13,16H,7-8,12H2,1-2H3. The van der Waals surface area contributed by atoms with Gasteiger partial charge in [-0.25, -0.2) is 4.98 Å². The van der Waals surface area contributed by atoms with Crippen molar-refractivity contribution < 1.29 is 4.74 Å². The first-order chi connectivity index (χ1) is 14.9. The number of aryl methyl sites for hydroxylation is 2. The van der Waals surface area contributed by atoms with Crippen LogP contribution in [0.4, 0.5) is 0 Å². The lowest BCUT2D eigenvalue weighted by atomic mass is 9.93. The number of pyridine rings is 1. The van der Waals surface area contributed by atoms with E-state index in [1.54, 1.807) is 40.0 Å². The van der Waals surface area contributed by atoms with E-state index in [0.717, 1.165) is 23.4 Å². The van der Waals surface area contributed by atoms with Crippen LogP contribution >= 0.6 is 11.6 Å². The molecule has 3 aromatic heterocycles. The number of fused-ring (bicyclic) bond motifs is 2. The summed E-state index contributed by atoms with van der Waals surface area (Å²) < 4.78 is 10.6. The molecule has 0 radical (unpaired) electrons. The Morgan fingerprint density at radius 1 is 1.13 bits per heavy atom. The first-order valence-corrected chi connectivity index (χ1v) is 10.5. The fourth-order valence-corrected chi connectivity index (χ4v) is 4.40. The van der Waals surface area contributed by atoms with Crippen LogP contribution in [0.25, 0.3) is 11.2 Å². The molecule has 0 fully saturated rings. The van der Waals surface area contributed by atoms with Crippen LogP contribution < -0.4 is 15.9 Å². The maximum atomic E-state index is 13.3. The molecule has 158 valence electrons. The zero-order valence-electron chi connectivity index (χ0n) is 17.2. The average molecular weight is 437 g/mol. The fraction of sp³-hybridized carbons (Fsp3) is 0.261. The number of nitrogens with zero attached hydrogens (tertiary/aromatic N) is 4. The number of aromatic nitrogens is 4. The monoisotopic (exact) mass is 436 g/mol. The zero-order valence-corrected chi connectivity index (χ0v) is 18.0. The molecule has 1 aromatic carbocycles. The van der Waals surface area contributed by atoms with Crippen molar-refractivity contribution in [3.05, 3.63) is 91.7 Å². The predicted molar refractivity (Wildman–Crippen MR) is 119 cm³/mol. The second-order valence-corrected chi connectivity index (χ2v) is 8.34. The summed E-state index contributed by atoms with van der Waals surface area (Å²) in [7, 11) is 0. The van der Waals surface area contributed by atoms with Crippen molar-refractivity contribution in [2.75, 3.05) is 6.61 Å². The van der Waals surface area contributed by atoms with Crippen LogP contribution in [0, 0.1) is 13.8 Å². The Bertz CT molecular complexity index is 1430. The molecule has 0 spiro atoms. The third kappa shape index (κ3) is 3.35. The van der Waals surface area contributed by atoms with E-state index in [9.17, 15) is 9.59 Å². The van der Waals surface area contributed by atoms with Crippen molar-refractivity contribution in [1.82, 2.24) is 18.5 Å². The Balaban J connectivity index is 1.60. The second-order valence-electron chi connectivity index (χ2n) is 7.90. The molecule has 1 atom stereocenters. The highest BCUT2D eigenvalue weighted by atomic mass is 35.5. The van der Waals surface area contributed by atoms with Gasteiger partial charge in [-0.15, -0.1) is 0 Å². The number of benzene rings is 1. The van der Waals surface area contributed by atoms with Crippen molar-refractivity contribution in [3.63, 3.8) is 0 Å². The Hall–Kier alpha value is -3.32.